The van der Waals surface area contributed by atoms with Crippen molar-refractivity contribution in [2.45, 2.75) is 6.92 Å². The lowest BCUT2D eigenvalue weighted by molar-refractivity contribution is 0.0689. The summed E-state index contributed by atoms with van der Waals surface area (Å²) in [4.78, 5) is 10.3. The lowest BCUT2D eigenvalue weighted by Crippen LogP contribution is -2.02. The van der Waals surface area contributed by atoms with Crippen LogP contribution in [0, 0.1) is 6.92 Å². The van der Waals surface area contributed by atoms with Gasteiger partial charge in [0.25, 0.3) is 0 Å². The Morgan fingerprint density at radius 1 is 1.64 bits per heavy atom. The zero-order valence-electron chi connectivity index (χ0n) is 5.71. The Labute approximate surface area is 71.4 Å². The molecule has 0 saturated heterocycles. The first kappa shape index (κ1) is 8.13. The molecule has 0 amide bonds. The Bertz CT molecular complexity index is 301. The third kappa shape index (κ3) is 1.74. The fraction of sp³-hybridized carbons (Fsp3) is 0.167. The van der Waals surface area contributed by atoms with Crippen molar-refractivity contribution in [1.82, 2.24) is 10.2 Å². The number of aromatic carboxylic acids is 1. The molecule has 4 nitrogen and oxygen atoms in total. The summed E-state index contributed by atoms with van der Waals surface area (Å²) in [6.07, 6.45) is 0. The van der Waals surface area contributed by atoms with Gasteiger partial charge in [-0.1, -0.05) is 0 Å². The van der Waals surface area contributed by atoms with Crippen molar-refractivity contribution in [3.63, 3.8) is 0 Å². The first-order valence-corrected chi connectivity index (χ1v) is 3.63. The third-order valence-corrected chi connectivity index (χ3v) is 1.93. The van der Waals surface area contributed by atoms with Crippen LogP contribution in [0.2, 0.25) is 0 Å². The number of rotatable bonds is 1. The number of carboxylic acids is 1. The van der Waals surface area contributed by atoms with Crippen LogP contribution in [0.1, 0.15) is 16.1 Å². The molecule has 1 heterocycles. The van der Waals surface area contributed by atoms with E-state index in [0.29, 0.717) is 4.60 Å². The van der Waals surface area contributed by atoms with E-state index in [0.717, 1.165) is 5.56 Å². The average Bonchev–Trinajstić information content (AvgIpc) is 1.94. The molecule has 0 aliphatic rings. The maximum atomic E-state index is 10.3. The van der Waals surface area contributed by atoms with Gasteiger partial charge in [-0.25, -0.2) is 4.79 Å². The summed E-state index contributed by atoms with van der Waals surface area (Å²) in [7, 11) is 0. The van der Waals surface area contributed by atoms with Crippen molar-refractivity contribution in [3.05, 3.63) is 21.9 Å². The minimum absolute atomic E-state index is 0.0364. The van der Waals surface area contributed by atoms with E-state index in [9.17, 15) is 4.79 Å². The van der Waals surface area contributed by atoms with Crippen LogP contribution in [0.4, 0.5) is 0 Å². The molecule has 0 spiro atoms. The van der Waals surface area contributed by atoms with Gasteiger partial charge in [-0.3, -0.25) is 0 Å². The molecule has 0 radical (unpaired) electrons. The number of carbonyl (C=O) groups is 1. The molecule has 1 aromatic rings. The summed E-state index contributed by atoms with van der Waals surface area (Å²) >= 11 is 3.11. The zero-order chi connectivity index (χ0) is 8.43. The Hall–Kier alpha value is -0.970. The molecule has 0 unspecified atom stereocenters. The predicted octanol–water partition coefficient (Wildman–Crippen LogP) is 1.25. The van der Waals surface area contributed by atoms with Gasteiger partial charge in [-0.2, -0.15) is 0 Å². The molecule has 0 bridgehead atoms. The van der Waals surface area contributed by atoms with Crippen molar-refractivity contribution < 1.29 is 9.90 Å². The summed E-state index contributed by atoms with van der Waals surface area (Å²) in [5.41, 5.74) is 0.725. The van der Waals surface area contributed by atoms with Gasteiger partial charge in [0.1, 0.15) is 4.60 Å². The van der Waals surface area contributed by atoms with Crippen molar-refractivity contribution in [2.75, 3.05) is 0 Å². The van der Waals surface area contributed by atoms with Gasteiger partial charge in [0.2, 0.25) is 0 Å². The molecule has 0 fully saturated rings. The van der Waals surface area contributed by atoms with E-state index in [-0.39, 0.29) is 5.69 Å². The fourth-order valence-electron chi connectivity index (χ4n) is 0.575. The van der Waals surface area contributed by atoms with E-state index in [1.54, 1.807) is 6.92 Å². The largest absolute Gasteiger partial charge is 0.476 e. The smallest absolute Gasteiger partial charge is 0.356 e. The fourth-order valence-corrected chi connectivity index (χ4v) is 0.768. The van der Waals surface area contributed by atoms with Crippen LogP contribution in [0.5, 0.6) is 0 Å². The Morgan fingerprint density at radius 3 is 2.73 bits per heavy atom. The number of aryl methyl sites for hydroxylation is 1. The summed E-state index contributed by atoms with van der Waals surface area (Å²) < 4.78 is 0.572. The quantitative estimate of drug-likeness (QED) is 0.768. The summed E-state index contributed by atoms with van der Waals surface area (Å²) in [5, 5.41) is 15.5. The molecular weight excluding hydrogens is 212 g/mol. The first-order valence-electron chi connectivity index (χ1n) is 2.84. The molecule has 0 aliphatic heterocycles. The molecule has 0 atom stereocenters. The minimum atomic E-state index is -1.06. The van der Waals surface area contributed by atoms with Gasteiger partial charge in [0.15, 0.2) is 5.69 Å². The molecule has 0 aromatic carbocycles. The van der Waals surface area contributed by atoms with Crippen molar-refractivity contribution in [1.29, 1.82) is 0 Å². The summed E-state index contributed by atoms with van der Waals surface area (Å²) in [6.45, 7) is 1.76. The van der Waals surface area contributed by atoms with Gasteiger partial charge >= 0.3 is 5.97 Å². The van der Waals surface area contributed by atoms with E-state index in [2.05, 4.69) is 26.1 Å². The minimum Gasteiger partial charge on any atom is -0.476 e. The van der Waals surface area contributed by atoms with Crippen LogP contribution in [0.3, 0.4) is 0 Å². The van der Waals surface area contributed by atoms with Crippen LogP contribution < -0.4 is 0 Å². The van der Waals surface area contributed by atoms with Crippen LogP contribution in [-0.4, -0.2) is 21.3 Å². The molecular formula is C6H5BrN2O2. The average molecular weight is 217 g/mol. The second kappa shape index (κ2) is 2.96. The van der Waals surface area contributed by atoms with Gasteiger partial charge < -0.3 is 5.11 Å². The second-order valence-corrected chi connectivity index (χ2v) is 2.76. The first-order chi connectivity index (χ1) is 5.11. The summed E-state index contributed by atoms with van der Waals surface area (Å²) in [6, 6.07) is 1.46. The predicted molar refractivity (Wildman–Crippen MR) is 41.4 cm³/mol. The van der Waals surface area contributed by atoms with E-state index in [4.69, 9.17) is 5.11 Å². The van der Waals surface area contributed by atoms with Gasteiger partial charge in [-0.15, -0.1) is 10.2 Å². The number of hydrogen-bond acceptors (Lipinski definition) is 3. The second-order valence-electron chi connectivity index (χ2n) is 2.01. The van der Waals surface area contributed by atoms with Crippen LogP contribution in [0.15, 0.2) is 10.7 Å². The van der Waals surface area contributed by atoms with Crippen molar-refractivity contribution in [3.8, 4) is 0 Å². The number of hydrogen-bond donors (Lipinski definition) is 1. The molecule has 1 N–H and O–H groups in total. The maximum absolute atomic E-state index is 10.3. The van der Waals surface area contributed by atoms with Crippen LogP contribution in [-0.2, 0) is 0 Å². The Kier molecular flexibility index (Phi) is 2.19. The Morgan fingerprint density at radius 2 is 2.27 bits per heavy atom. The van der Waals surface area contributed by atoms with Gasteiger partial charge in [0, 0.05) is 0 Å². The highest BCUT2D eigenvalue weighted by atomic mass is 79.9. The molecule has 1 rings (SSSR count). The monoisotopic (exact) mass is 216 g/mol. The molecule has 5 heteroatoms. The SMILES string of the molecule is Cc1cc(C(=O)O)nnc1Br. The highest BCUT2D eigenvalue weighted by Crippen LogP contribution is 2.11. The number of carboxylic acid groups (broad SMARTS) is 1. The molecule has 0 aliphatic carbocycles. The van der Waals surface area contributed by atoms with Crippen molar-refractivity contribution in [2.24, 2.45) is 0 Å². The topological polar surface area (TPSA) is 63.1 Å². The number of aromatic nitrogens is 2. The highest BCUT2D eigenvalue weighted by molar-refractivity contribution is 9.10. The van der Waals surface area contributed by atoms with E-state index >= 15 is 0 Å². The van der Waals surface area contributed by atoms with Gasteiger partial charge in [0.05, 0.1) is 0 Å². The number of nitrogens with zero attached hydrogens (tertiary/aromatic N) is 2. The molecule has 1 aromatic heterocycles. The van der Waals surface area contributed by atoms with Crippen molar-refractivity contribution >= 4 is 21.9 Å². The standard InChI is InChI=1S/C6H5BrN2O2/c1-3-2-4(6(10)11)8-9-5(3)7/h2H,1H3,(H,10,11). The van der Waals surface area contributed by atoms with Crippen LogP contribution in [0.25, 0.3) is 0 Å². The maximum Gasteiger partial charge on any atom is 0.356 e. The summed E-state index contributed by atoms with van der Waals surface area (Å²) in [5.74, 6) is -1.06. The molecule has 11 heavy (non-hydrogen) atoms. The molecule has 0 saturated carbocycles. The van der Waals surface area contributed by atoms with E-state index < -0.39 is 5.97 Å². The zero-order valence-corrected chi connectivity index (χ0v) is 7.29. The number of halogens is 1. The van der Waals surface area contributed by atoms with E-state index in [1.165, 1.54) is 6.07 Å². The normalized spacial score (nSPS) is 9.64. The lowest BCUT2D eigenvalue weighted by atomic mass is 10.3. The third-order valence-electron chi connectivity index (χ3n) is 1.14. The van der Waals surface area contributed by atoms with Crippen LogP contribution >= 0.6 is 15.9 Å². The van der Waals surface area contributed by atoms with E-state index in [1.807, 2.05) is 0 Å². The highest BCUT2D eigenvalue weighted by Gasteiger charge is 2.06. The molecule has 58 valence electrons. The van der Waals surface area contributed by atoms with Gasteiger partial charge in [-0.05, 0) is 34.5 Å². The Balaban J connectivity index is 3.15. The lowest BCUT2D eigenvalue weighted by Gasteiger charge is -1.95.